The molecule has 1 aliphatic heterocycles. The molecule has 0 aliphatic carbocycles. The van der Waals surface area contributed by atoms with Gasteiger partial charge in [0, 0.05) is 0 Å². The van der Waals surface area contributed by atoms with Crippen LogP contribution >= 0.6 is 0 Å². The summed E-state index contributed by atoms with van der Waals surface area (Å²) in [5.74, 6) is -0.512. The predicted molar refractivity (Wildman–Crippen MR) is 98.0 cm³/mol. The van der Waals surface area contributed by atoms with Crippen LogP contribution in [0.4, 0.5) is 5.69 Å². The molecule has 0 unspecified atom stereocenters. The highest BCUT2D eigenvalue weighted by atomic mass is 16.2. The van der Waals surface area contributed by atoms with Gasteiger partial charge in [-0.1, -0.05) is 54.1 Å². The molecule has 1 aliphatic rings. The first-order valence-corrected chi connectivity index (χ1v) is 8.26. The minimum Gasteiger partial charge on any atom is -0.268 e. The van der Waals surface area contributed by atoms with Gasteiger partial charge in [0.1, 0.15) is 0 Å². The van der Waals surface area contributed by atoms with E-state index >= 15 is 0 Å². The van der Waals surface area contributed by atoms with Crippen LogP contribution < -0.4 is 4.90 Å². The van der Waals surface area contributed by atoms with E-state index in [1.54, 1.807) is 30.3 Å². The molecule has 0 N–H and O–H groups in total. The molecule has 25 heavy (non-hydrogen) atoms. The second-order valence-corrected chi connectivity index (χ2v) is 6.33. The highest BCUT2D eigenvalue weighted by Crippen LogP contribution is 2.29. The smallest absolute Gasteiger partial charge is 0.266 e. The lowest BCUT2D eigenvalue weighted by Gasteiger charge is -2.15. The maximum Gasteiger partial charge on any atom is 0.266 e. The number of fused-ring (bicyclic) bond motifs is 1. The number of hydrogen-bond donors (Lipinski definition) is 0. The molecule has 3 aromatic rings. The molecule has 0 saturated carbocycles. The average Bonchev–Trinajstić information content (AvgIpc) is 2.87. The van der Waals surface area contributed by atoms with Crippen LogP contribution in [0.5, 0.6) is 0 Å². The lowest BCUT2D eigenvalue weighted by atomic mass is 10.0. The largest absolute Gasteiger partial charge is 0.268 e. The Kier molecular flexibility index (Phi) is 3.69. The lowest BCUT2D eigenvalue weighted by Crippen LogP contribution is -2.29. The summed E-state index contributed by atoms with van der Waals surface area (Å²) >= 11 is 0. The predicted octanol–water partition coefficient (Wildman–Crippen LogP) is 4.39. The van der Waals surface area contributed by atoms with Gasteiger partial charge in [-0.15, -0.1) is 0 Å². The van der Waals surface area contributed by atoms with Gasteiger partial charge in [-0.05, 0) is 48.7 Å². The Balaban J connectivity index is 1.67. The van der Waals surface area contributed by atoms with Crippen LogP contribution in [-0.2, 0) is 6.42 Å². The topological polar surface area (TPSA) is 37.4 Å². The number of carbonyl (C=O) groups is 2. The minimum absolute atomic E-state index is 0.256. The van der Waals surface area contributed by atoms with Gasteiger partial charge in [-0.2, -0.15) is 0 Å². The third-order valence-corrected chi connectivity index (χ3v) is 4.45. The SMILES string of the molecule is Cc1cccc(Cc2cccc(N3C(=O)c4ccccc4C3=O)c2)c1. The van der Waals surface area contributed by atoms with E-state index in [1.165, 1.54) is 16.0 Å². The zero-order valence-electron chi connectivity index (χ0n) is 13.9. The highest BCUT2D eigenvalue weighted by molar-refractivity contribution is 6.34. The maximum atomic E-state index is 12.6. The van der Waals surface area contributed by atoms with E-state index in [0.717, 1.165) is 12.0 Å². The van der Waals surface area contributed by atoms with Crippen LogP contribution in [0, 0.1) is 6.92 Å². The van der Waals surface area contributed by atoms with E-state index in [1.807, 2.05) is 24.3 Å². The molecular weight excluding hydrogens is 310 g/mol. The Morgan fingerprint density at radius 1 is 0.720 bits per heavy atom. The van der Waals surface area contributed by atoms with Crippen molar-refractivity contribution in [2.24, 2.45) is 0 Å². The van der Waals surface area contributed by atoms with Gasteiger partial charge in [0.05, 0.1) is 16.8 Å². The van der Waals surface area contributed by atoms with Gasteiger partial charge in [0.2, 0.25) is 0 Å². The van der Waals surface area contributed by atoms with E-state index in [0.29, 0.717) is 16.8 Å². The van der Waals surface area contributed by atoms with Crippen molar-refractivity contribution < 1.29 is 9.59 Å². The summed E-state index contributed by atoms with van der Waals surface area (Å²) in [5.41, 5.74) is 5.05. The third-order valence-electron chi connectivity index (χ3n) is 4.45. The van der Waals surface area contributed by atoms with Gasteiger partial charge in [-0.25, -0.2) is 4.90 Å². The normalized spacial score (nSPS) is 13.2. The molecule has 0 bridgehead atoms. The Labute approximate surface area is 146 Å². The van der Waals surface area contributed by atoms with Gasteiger partial charge >= 0.3 is 0 Å². The molecule has 3 heteroatoms. The van der Waals surface area contributed by atoms with Crippen molar-refractivity contribution in [1.29, 1.82) is 0 Å². The molecule has 2 amide bonds. The molecule has 3 nitrogen and oxygen atoms in total. The van der Waals surface area contributed by atoms with Crippen LogP contribution in [0.2, 0.25) is 0 Å². The molecule has 0 saturated heterocycles. The number of hydrogen-bond acceptors (Lipinski definition) is 2. The Bertz CT molecular complexity index is 956. The maximum absolute atomic E-state index is 12.6. The number of benzene rings is 3. The highest BCUT2D eigenvalue weighted by Gasteiger charge is 2.36. The van der Waals surface area contributed by atoms with Crippen LogP contribution in [-0.4, -0.2) is 11.8 Å². The molecule has 0 atom stereocenters. The zero-order chi connectivity index (χ0) is 17.4. The summed E-state index contributed by atoms with van der Waals surface area (Å²) in [6.07, 6.45) is 0.763. The van der Waals surface area contributed by atoms with E-state index in [-0.39, 0.29) is 11.8 Å². The lowest BCUT2D eigenvalue weighted by molar-refractivity contribution is 0.0926. The Morgan fingerprint density at radius 2 is 1.32 bits per heavy atom. The van der Waals surface area contributed by atoms with E-state index in [2.05, 4.69) is 25.1 Å². The van der Waals surface area contributed by atoms with Gasteiger partial charge < -0.3 is 0 Å². The molecule has 0 aromatic heterocycles. The van der Waals surface area contributed by atoms with Crippen LogP contribution in [0.25, 0.3) is 0 Å². The monoisotopic (exact) mass is 327 g/mol. The van der Waals surface area contributed by atoms with Crippen molar-refractivity contribution >= 4 is 17.5 Å². The summed E-state index contributed by atoms with van der Waals surface area (Å²) in [5, 5.41) is 0. The second-order valence-electron chi connectivity index (χ2n) is 6.33. The number of nitrogens with zero attached hydrogens (tertiary/aromatic N) is 1. The number of anilines is 1. The minimum atomic E-state index is -0.256. The van der Waals surface area contributed by atoms with Gasteiger partial charge in [0.25, 0.3) is 11.8 Å². The fourth-order valence-electron chi connectivity index (χ4n) is 3.29. The fraction of sp³-hybridized carbons (Fsp3) is 0.0909. The first kappa shape index (κ1) is 15.3. The molecule has 0 radical (unpaired) electrons. The first-order chi connectivity index (χ1) is 12.1. The molecule has 122 valence electrons. The second kappa shape index (κ2) is 6.02. The average molecular weight is 327 g/mol. The first-order valence-electron chi connectivity index (χ1n) is 8.26. The van der Waals surface area contributed by atoms with Gasteiger partial charge in [-0.3, -0.25) is 9.59 Å². The third kappa shape index (κ3) is 2.74. The number of aryl methyl sites for hydroxylation is 1. The van der Waals surface area contributed by atoms with Crippen molar-refractivity contribution in [3.63, 3.8) is 0 Å². The molecule has 3 aromatic carbocycles. The Morgan fingerprint density at radius 3 is 1.96 bits per heavy atom. The number of rotatable bonds is 3. The summed E-state index contributed by atoms with van der Waals surface area (Å²) < 4.78 is 0. The fourth-order valence-corrected chi connectivity index (χ4v) is 3.29. The standard InChI is InChI=1S/C22H17NO2/c1-15-6-4-7-16(12-15)13-17-8-5-9-18(14-17)23-21(24)19-10-2-3-11-20(19)22(23)25/h2-12,14H,13H2,1H3. The molecule has 1 heterocycles. The van der Waals surface area contributed by atoms with Crippen molar-refractivity contribution in [3.05, 3.63) is 101 Å². The number of carbonyl (C=O) groups excluding carboxylic acids is 2. The number of imide groups is 1. The van der Waals surface area contributed by atoms with Crippen LogP contribution in [0.15, 0.2) is 72.8 Å². The van der Waals surface area contributed by atoms with Crippen molar-refractivity contribution in [1.82, 2.24) is 0 Å². The molecule has 0 fully saturated rings. The summed E-state index contributed by atoms with van der Waals surface area (Å²) in [7, 11) is 0. The van der Waals surface area contributed by atoms with Crippen molar-refractivity contribution in [3.8, 4) is 0 Å². The van der Waals surface area contributed by atoms with Crippen LogP contribution in [0.1, 0.15) is 37.4 Å². The zero-order valence-corrected chi connectivity index (χ0v) is 13.9. The van der Waals surface area contributed by atoms with Crippen molar-refractivity contribution in [2.75, 3.05) is 4.90 Å². The Hall–Kier alpha value is -3.20. The van der Waals surface area contributed by atoms with Crippen LogP contribution in [0.3, 0.4) is 0 Å². The van der Waals surface area contributed by atoms with E-state index in [4.69, 9.17) is 0 Å². The molecular formula is C22H17NO2. The summed E-state index contributed by atoms with van der Waals surface area (Å²) in [4.78, 5) is 26.5. The molecule has 4 rings (SSSR count). The quantitative estimate of drug-likeness (QED) is 0.669. The summed E-state index contributed by atoms with van der Waals surface area (Å²) in [6, 6.07) is 22.9. The van der Waals surface area contributed by atoms with E-state index < -0.39 is 0 Å². The van der Waals surface area contributed by atoms with Gasteiger partial charge in [0.15, 0.2) is 0 Å². The summed E-state index contributed by atoms with van der Waals surface area (Å²) in [6.45, 7) is 2.07. The van der Waals surface area contributed by atoms with E-state index in [9.17, 15) is 9.59 Å². The van der Waals surface area contributed by atoms with Crippen molar-refractivity contribution in [2.45, 2.75) is 13.3 Å². The molecule has 0 spiro atoms. The number of amides is 2.